The van der Waals surface area contributed by atoms with Crippen molar-refractivity contribution in [3.05, 3.63) is 29.3 Å². The molecule has 1 N–H and O–H groups in total. The number of hydrogen-bond acceptors (Lipinski definition) is 3. The molecule has 0 unspecified atom stereocenters. The first-order chi connectivity index (χ1) is 7.74. The van der Waals surface area contributed by atoms with E-state index in [0.29, 0.717) is 12.5 Å². The molecule has 3 heteroatoms. The summed E-state index contributed by atoms with van der Waals surface area (Å²) in [5.74, 6) is 1.40. The third-order valence-electron chi connectivity index (χ3n) is 3.87. The first-order valence-corrected chi connectivity index (χ1v) is 5.75. The fraction of sp³-hybridized carbons (Fsp3) is 0.538. The maximum absolute atomic E-state index is 6.02. The van der Waals surface area contributed by atoms with Gasteiger partial charge in [-0.25, -0.2) is 0 Å². The quantitative estimate of drug-likeness (QED) is 0.779. The van der Waals surface area contributed by atoms with Crippen molar-refractivity contribution in [3.63, 3.8) is 0 Å². The fourth-order valence-electron chi connectivity index (χ4n) is 2.89. The summed E-state index contributed by atoms with van der Waals surface area (Å²) in [5.41, 5.74) is 2.56. The van der Waals surface area contributed by atoms with Crippen LogP contribution in [-0.4, -0.2) is 25.8 Å². The van der Waals surface area contributed by atoms with Crippen LogP contribution in [0.2, 0.25) is 0 Å². The number of ether oxygens (including phenoxy) is 2. The summed E-state index contributed by atoms with van der Waals surface area (Å²) in [6, 6.07) is 6.28. The van der Waals surface area contributed by atoms with Crippen molar-refractivity contribution in [1.29, 1.82) is 0 Å². The SMILES string of the molecule is COc1cccc2c1CO[C@@]1(C)CNC[C@H]21. The molecule has 0 aliphatic carbocycles. The zero-order valence-electron chi connectivity index (χ0n) is 9.75. The van der Waals surface area contributed by atoms with Gasteiger partial charge in [0.2, 0.25) is 0 Å². The molecule has 86 valence electrons. The zero-order valence-corrected chi connectivity index (χ0v) is 9.75. The molecule has 2 atom stereocenters. The molecular formula is C13H17NO2. The van der Waals surface area contributed by atoms with Gasteiger partial charge >= 0.3 is 0 Å². The predicted molar refractivity (Wildman–Crippen MR) is 61.8 cm³/mol. The largest absolute Gasteiger partial charge is 0.496 e. The number of nitrogens with one attached hydrogen (secondary N) is 1. The van der Waals surface area contributed by atoms with Crippen LogP contribution in [0.15, 0.2) is 18.2 Å². The Balaban J connectivity index is 2.10. The first-order valence-electron chi connectivity index (χ1n) is 5.75. The summed E-state index contributed by atoms with van der Waals surface area (Å²) in [4.78, 5) is 0. The van der Waals surface area contributed by atoms with Crippen LogP contribution in [-0.2, 0) is 11.3 Å². The highest BCUT2D eigenvalue weighted by Gasteiger charge is 2.44. The van der Waals surface area contributed by atoms with Crippen LogP contribution >= 0.6 is 0 Å². The van der Waals surface area contributed by atoms with Gasteiger partial charge in [0.15, 0.2) is 0 Å². The Labute approximate surface area is 95.8 Å². The Hall–Kier alpha value is -1.06. The normalized spacial score (nSPS) is 32.0. The topological polar surface area (TPSA) is 30.5 Å². The number of fused-ring (bicyclic) bond motifs is 3. The molecule has 1 aromatic rings. The Morgan fingerprint density at radius 3 is 3.19 bits per heavy atom. The van der Waals surface area contributed by atoms with Crippen molar-refractivity contribution in [2.24, 2.45) is 0 Å². The minimum absolute atomic E-state index is 0.0423. The van der Waals surface area contributed by atoms with Crippen molar-refractivity contribution in [3.8, 4) is 5.75 Å². The lowest BCUT2D eigenvalue weighted by Crippen LogP contribution is -2.39. The summed E-state index contributed by atoms with van der Waals surface area (Å²) in [6.07, 6.45) is 0. The third-order valence-corrected chi connectivity index (χ3v) is 3.87. The maximum atomic E-state index is 6.02. The van der Waals surface area contributed by atoms with Gasteiger partial charge in [0.1, 0.15) is 5.75 Å². The van der Waals surface area contributed by atoms with Crippen LogP contribution in [0.3, 0.4) is 0 Å². The second kappa shape index (κ2) is 3.47. The minimum Gasteiger partial charge on any atom is -0.496 e. The van der Waals surface area contributed by atoms with Gasteiger partial charge in [0.25, 0.3) is 0 Å². The molecule has 2 heterocycles. The Kier molecular flexibility index (Phi) is 2.19. The molecule has 16 heavy (non-hydrogen) atoms. The average Bonchev–Trinajstić information content (AvgIpc) is 2.70. The summed E-state index contributed by atoms with van der Waals surface area (Å²) in [7, 11) is 1.72. The van der Waals surface area contributed by atoms with Gasteiger partial charge in [-0.3, -0.25) is 0 Å². The molecule has 0 bridgehead atoms. The van der Waals surface area contributed by atoms with E-state index in [1.165, 1.54) is 11.1 Å². The van der Waals surface area contributed by atoms with Crippen LogP contribution in [0.25, 0.3) is 0 Å². The highest BCUT2D eigenvalue weighted by atomic mass is 16.5. The molecule has 2 aliphatic heterocycles. The predicted octanol–water partition coefficient (Wildman–Crippen LogP) is 1.67. The van der Waals surface area contributed by atoms with E-state index in [-0.39, 0.29) is 5.60 Å². The van der Waals surface area contributed by atoms with Gasteiger partial charge in [0, 0.05) is 24.6 Å². The van der Waals surface area contributed by atoms with Gasteiger partial charge < -0.3 is 14.8 Å². The molecule has 0 amide bonds. The van der Waals surface area contributed by atoms with E-state index in [1.54, 1.807) is 7.11 Å². The van der Waals surface area contributed by atoms with Gasteiger partial charge in [-0.15, -0.1) is 0 Å². The number of methoxy groups -OCH3 is 1. The summed E-state index contributed by atoms with van der Waals surface area (Å²) in [6.45, 7) is 4.79. The van der Waals surface area contributed by atoms with Crippen molar-refractivity contribution < 1.29 is 9.47 Å². The lowest BCUT2D eigenvalue weighted by molar-refractivity contribution is -0.0525. The summed E-state index contributed by atoms with van der Waals surface area (Å²) >= 11 is 0. The number of hydrogen-bond donors (Lipinski definition) is 1. The molecule has 3 rings (SSSR count). The van der Waals surface area contributed by atoms with Crippen LogP contribution in [0, 0.1) is 0 Å². The van der Waals surface area contributed by atoms with Crippen molar-refractivity contribution >= 4 is 0 Å². The average molecular weight is 219 g/mol. The Bertz CT molecular complexity index is 418. The molecule has 0 radical (unpaired) electrons. The van der Waals surface area contributed by atoms with Gasteiger partial charge in [0.05, 0.1) is 19.3 Å². The smallest absolute Gasteiger partial charge is 0.124 e. The molecule has 0 aromatic heterocycles. The maximum Gasteiger partial charge on any atom is 0.124 e. The second-order valence-corrected chi connectivity index (χ2v) is 4.81. The lowest BCUT2D eigenvalue weighted by atomic mass is 9.81. The summed E-state index contributed by atoms with van der Waals surface area (Å²) < 4.78 is 11.4. The lowest BCUT2D eigenvalue weighted by Gasteiger charge is -2.37. The van der Waals surface area contributed by atoms with E-state index in [9.17, 15) is 0 Å². The van der Waals surface area contributed by atoms with Crippen LogP contribution in [0.5, 0.6) is 5.75 Å². The van der Waals surface area contributed by atoms with E-state index in [1.807, 2.05) is 6.07 Å². The second-order valence-electron chi connectivity index (χ2n) is 4.81. The molecule has 1 fully saturated rings. The third kappa shape index (κ3) is 1.28. The Morgan fingerprint density at radius 1 is 1.50 bits per heavy atom. The highest BCUT2D eigenvalue weighted by molar-refractivity contribution is 5.45. The monoisotopic (exact) mass is 219 g/mol. The van der Waals surface area contributed by atoms with Crippen molar-refractivity contribution in [1.82, 2.24) is 5.32 Å². The van der Waals surface area contributed by atoms with E-state index in [4.69, 9.17) is 9.47 Å². The molecule has 3 nitrogen and oxygen atoms in total. The van der Waals surface area contributed by atoms with Crippen LogP contribution < -0.4 is 10.1 Å². The van der Waals surface area contributed by atoms with Gasteiger partial charge in [-0.2, -0.15) is 0 Å². The number of benzene rings is 1. The first kappa shape index (κ1) is 10.1. The molecule has 1 aromatic carbocycles. The molecule has 0 spiro atoms. The van der Waals surface area contributed by atoms with Crippen LogP contribution in [0.1, 0.15) is 24.0 Å². The van der Waals surface area contributed by atoms with E-state index < -0.39 is 0 Å². The van der Waals surface area contributed by atoms with Crippen molar-refractivity contribution in [2.45, 2.75) is 25.0 Å². The molecule has 1 saturated heterocycles. The zero-order chi connectivity index (χ0) is 11.2. The fourth-order valence-corrected chi connectivity index (χ4v) is 2.89. The molecular weight excluding hydrogens is 202 g/mol. The molecule has 2 aliphatic rings. The van der Waals surface area contributed by atoms with E-state index in [0.717, 1.165) is 18.8 Å². The van der Waals surface area contributed by atoms with E-state index in [2.05, 4.69) is 24.4 Å². The van der Waals surface area contributed by atoms with Crippen LogP contribution in [0.4, 0.5) is 0 Å². The Morgan fingerprint density at radius 2 is 2.38 bits per heavy atom. The molecule has 0 saturated carbocycles. The standard InChI is InChI=1S/C13H17NO2/c1-13-8-14-6-11(13)9-4-3-5-12(15-2)10(9)7-16-13/h3-5,11,14H,6-8H2,1-2H3/t11-,13+/m1/s1. The van der Waals surface area contributed by atoms with Gasteiger partial charge in [-0.05, 0) is 18.6 Å². The van der Waals surface area contributed by atoms with E-state index >= 15 is 0 Å². The highest BCUT2D eigenvalue weighted by Crippen LogP contribution is 2.43. The number of rotatable bonds is 1. The minimum atomic E-state index is -0.0423. The summed E-state index contributed by atoms with van der Waals surface area (Å²) in [5, 5.41) is 3.42. The van der Waals surface area contributed by atoms with Crippen molar-refractivity contribution in [2.75, 3.05) is 20.2 Å². The van der Waals surface area contributed by atoms with Gasteiger partial charge in [-0.1, -0.05) is 12.1 Å².